The first-order valence-electron chi connectivity index (χ1n) is 7.26. The Balaban J connectivity index is 1.81. The van der Waals surface area contributed by atoms with Gasteiger partial charge in [-0.05, 0) is 32.2 Å². The molecule has 2 atom stereocenters. The molecule has 4 nitrogen and oxygen atoms in total. The first-order valence-corrected chi connectivity index (χ1v) is 7.26. The molecule has 1 heterocycles. The van der Waals surface area contributed by atoms with E-state index in [2.05, 4.69) is 10.2 Å². The predicted octanol–water partition coefficient (Wildman–Crippen LogP) is 1.40. The Morgan fingerprint density at radius 2 is 2.17 bits per heavy atom. The maximum Gasteiger partial charge on any atom is 0.309 e. The summed E-state index contributed by atoms with van der Waals surface area (Å²) in [7, 11) is 1.48. The van der Waals surface area contributed by atoms with Crippen molar-refractivity contribution in [1.82, 2.24) is 10.2 Å². The average molecular weight is 254 g/mol. The van der Waals surface area contributed by atoms with Crippen LogP contribution in [0.5, 0.6) is 0 Å². The number of nitrogens with zero attached hydrogens (tertiary/aromatic N) is 1. The summed E-state index contributed by atoms with van der Waals surface area (Å²) in [6.07, 6.45) is 6.50. The fourth-order valence-corrected chi connectivity index (χ4v) is 2.80. The molecule has 2 unspecified atom stereocenters. The van der Waals surface area contributed by atoms with Gasteiger partial charge in [0, 0.05) is 25.2 Å². The van der Waals surface area contributed by atoms with Crippen LogP contribution in [0.25, 0.3) is 0 Å². The molecule has 2 fully saturated rings. The van der Waals surface area contributed by atoms with Gasteiger partial charge in [0.2, 0.25) is 0 Å². The number of carbonyl (C=O) groups is 1. The smallest absolute Gasteiger partial charge is 0.309 e. The highest BCUT2D eigenvalue weighted by atomic mass is 16.5. The zero-order valence-corrected chi connectivity index (χ0v) is 11.7. The van der Waals surface area contributed by atoms with Crippen molar-refractivity contribution in [3.05, 3.63) is 0 Å². The zero-order valence-electron chi connectivity index (χ0n) is 11.7. The third-order valence-corrected chi connectivity index (χ3v) is 4.04. The SMILES string of the molecule is COC(=O)C(C)CN(CC1CCCCN1)C1CC1. The van der Waals surface area contributed by atoms with E-state index in [0.717, 1.165) is 19.6 Å². The van der Waals surface area contributed by atoms with Crippen molar-refractivity contribution in [3.63, 3.8) is 0 Å². The van der Waals surface area contributed by atoms with Gasteiger partial charge in [0.15, 0.2) is 0 Å². The number of methoxy groups -OCH3 is 1. The molecule has 1 aliphatic carbocycles. The predicted molar refractivity (Wildman–Crippen MR) is 71.4 cm³/mol. The molecule has 0 aromatic carbocycles. The molecule has 0 aromatic rings. The van der Waals surface area contributed by atoms with E-state index in [4.69, 9.17) is 4.74 Å². The Hall–Kier alpha value is -0.610. The highest BCUT2D eigenvalue weighted by Crippen LogP contribution is 2.28. The van der Waals surface area contributed by atoms with Crippen molar-refractivity contribution < 1.29 is 9.53 Å². The number of esters is 1. The van der Waals surface area contributed by atoms with E-state index in [1.807, 2.05) is 6.92 Å². The third-order valence-electron chi connectivity index (χ3n) is 4.04. The van der Waals surface area contributed by atoms with Gasteiger partial charge in [-0.2, -0.15) is 0 Å². The van der Waals surface area contributed by atoms with E-state index in [-0.39, 0.29) is 11.9 Å². The Morgan fingerprint density at radius 1 is 1.39 bits per heavy atom. The van der Waals surface area contributed by atoms with Gasteiger partial charge < -0.3 is 10.1 Å². The second-order valence-electron chi connectivity index (χ2n) is 5.76. The number of nitrogens with one attached hydrogen (secondary N) is 1. The molecule has 0 aromatic heterocycles. The first kappa shape index (κ1) is 13.8. The molecule has 0 bridgehead atoms. The molecule has 0 radical (unpaired) electrons. The molecule has 1 saturated carbocycles. The summed E-state index contributed by atoms with van der Waals surface area (Å²) in [6, 6.07) is 1.32. The van der Waals surface area contributed by atoms with Gasteiger partial charge in [-0.25, -0.2) is 0 Å². The molecule has 0 spiro atoms. The highest BCUT2D eigenvalue weighted by molar-refractivity contribution is 5.72. The lowest BCUT2D eigenvalue weighted by Crippen LogP contribution is -2.46. The van der Waals surface area contributed by atoms with E-state index < -0.39 is 0 Å². The Labute approximate surface area is 110 Å². The van der Waals surface area contributed by atoms with Crippen molar-refractivity contribution in [3.8, 4) is 0 Å². The topological polar surface area (TPSA) is 41.6 Å². The zero-order chi connectivity index (χ0) is 13.0. The van der Waals surface area contributed by atoms with Crippen LogP contribution < -0.4 is 5.32 Å². The van der Waals surface area contributed by atoms with Gasteiger partial charge >= 0.3 is 5.97 Å². The summed E-state index contributed by atoms with van der Waals surface area (Å²) in [4.78, 5) is 14.0. The molecule has 1 aliphatic heterocycles. The summed E-state index contributed by atoms with van der Waals surface area (Å²) in [5.74, 6) is -0.101. The van der Waals surface area contributed by atoms with E-state index in [1.54, 1.807) is 0 Å². The summed E-state index contributed by atoms with van der Waals surface area (Å²) in [6.45, 7) is 5.05. The maximum atomic E-state index is 11.5. The number of hydrogen-bond acceptors (Lipinski definition) is 4. The number of hydrogen-bond donors (Lipinski definition) is 1. The lowest BCUT2D eigenvalue weighted by molar-refractivity contribution is -0.145. The molecule has 0 amide bonds. The second kappa shape index (κ2) is 6.53. The van der Waals surface area contributed by atoms with Crippen LogP contribution in [-0.2, 0) is 9.53 Å². The van der Waals surface area contributed by atoms with E-state index >= 15 is 0 Å². The van der Waals surface area contributed by atoms with Gasteiger partial charge in [-0.1, -0.05) is 13.3 Å². The third kappa shape index (κ3) is 3.95. The lowest BCUT2D eigenvalue weighted by Gasteiger charge is -2.31. The van der Waals surface area contributed by atoms with Crippen LogP contribution in [0.15, 0.2) is 0 Å². The standard InChI is InChI=1S/C14H26N2O2/c1-11(14(17)18-2)9-16(13-6-7-13)10-12-5-3-4-8-15-12/h11-13,15H,3-10H2,1-2H3. The minimum atomic E-state index is -0.0859. The van der Waals surface area contributed by atoms with Crippen LogP contribution >= 0.6 is 0 Å². The Morgan fingerprint density at radius 3 is 2.72 bits per heavy atom. The molecule has 1 N–H and O–H groups in total. The minimum Gasteiger partial charge on any atom is -0.469 e. The van der Waals surface area contributed by atoms with Gasteiger partial charge in [-0.15, -0.1) is 0 Å². The van der Waals surface area contributed by atoms with Gasteiger partial charge in [0.1, 0.15) is 0 Å². The highest BCUT2D eigenvalue weighted by Gasteiger charge is 2.32. The van der Waals surface area contributed by atoms with Gasteiger partial charge in [0.05, 0.1) is 13.0 Å². The average Bonchev–Trinajstić information content (AvgIpc) is 3.22. The number of ether oxygens (including phenoxy) is 1. The van der Waals surface area contributed by atoms with Crippen LogP contribution in [0.3, 0.4) is 0 Å². The largest absolute Gasteiger partial charge is 0.469 e. The first-order chi connectivity index (χ1) is 8.70. The normalized spacial score (nSPS) is 26.1. The van der Waals surface area contributed by atoms with Crippen molar-refractivity contribution in [1.29, 1.82) is 0 Å². The summed E-state index contributed by atoms with van der Waals surface area (Å²) < 4.78 is 4.82. The quantitative estimate of drug-likeness (QED) is 0.728. The molecule has 2 rings (SSSR count). The molecule has 104 valence electrons. The van der Waals surface area contributed by atoms with Crippen LogP contribution in [0.2, 0.25) is 0 Å². The molecule has 4 heteroatoms. The monoisotopic (exact) mass is 254 g/mol. The van der Waals surface area contributed by atoms with Crippen molar-refractivity contribution in [2.24, 2.45) is 5.92 Å². The summed E-state index contributed by atoms with van der Waals surface area (Å²) in [5.41, 5.74) is 0. The maximum absolute atomic E-state index is 11.5. The van der Waals surface area contributed by atoms with Crippen molar-refractivity contribution in [2.75, 3.05) is 26.7 Å². The van der Waals surface area contributed by atoms with E-state index in [1.165, 1.54) is 39.2 Å². The van der Waals surface area contributed by atoms with Crippen LogP contribution in [-0.4, -0.2) is 49.7 Å². The minimum absolute atomic E-state index is 0.0146. The fourth-order valence-electron chi connectivity index (χ4n) is 2.80. The number of rotatable bonds is 6. The number of carbonyl (C=O) groups excluding carboxylic acids is 1. The summed E-state index contributed by atoms with van der Waals surface area (Å²) in [5, 5.41) is 3.59. The summed E-state index contributed by atoms with van der Waals surface area (Å²) >= 11 is 0. The molecule has 18 heavy (non-hydrogen) atoms. The van der Waals surface area contributed by atoms with E-state index in [0.29, 0.717) is 12.1 Å². The Kier molecular flexibility index (Phi) is 5.01. The van der Waals surface area contributed by atoms with Crippen LogP contribution in [0.4, 0.5) is 0 Å². The fraction of sp³-hybridized carbons (Fsp3) is 0.929. The van der Waals surface area contributed by atoms with Gasteiger partial charge in [0.25, 0.3) is 0 Å². The van der Waals surface area contributed by atoms with E-state index in [9.17, 15) is 4.79 Å². The second-order valence-corrected chi connectivity index (χ2v) is 5.76. The van der Waals surface area contributed by atoms with Crippen molar-refractivity contribution >= 4 is 5.97 Å². The van der Waals surface area contributed by atoms with Crippen molar-refractivity contribution in [2.45, 2.75) is 51.1 Å². The Bertz CT molecular complexity index is 273. The molecule has 1 saturated heterocycles. The molecular weight excluding hydrogens is 228 g/mol. The molecular formula is C14H26N2O2. The van der Waals surface area contributed by atoms with Gasteiger partial charge in [-0.3, -0.25) is 9.69 Å². The van der Waals surface area contributed by atoms with Crippen LogP contribution in [0.1, 0.15) is 39.0 Å². The molecule has 2 aliphatic rings. The number of piperidine rings is 1. The van der Waals surface area contributed by atoms with Crippen LogP contribution in [0, 0.1) is 5.92 Å². The lowest BCUT2D eigenvalue weighted by atomic mass is 10.0.